The summed E-state index contributed by atoms with van der Waals surface area (Å²) in [5.74, 6) is 1.07. The number of benzene rings is 2. The number of carbonyl (C=O) groups is 1. The van der Waals surface area contributed by atoms with E-state index in [-0.39, 0.29) is 6.79 Å². The number of hydrogen-bond acceptors (Lipinski definition) is 4. The number of rotatable bonds is 7. The molecule has 104 valence electrons. The Morgan fingerprint density at radius 1 is 1.00 bits per heavy atom. The van der Waals surface area contributed by atoms with E-state index in [0.717, 1.165) is 11.8 Å². The van der Waals surface area contributed by atoms with Crippen LogP contribution in [0.15, 0.2) is 48.5 Å². The summed E-state index contributed by atoms with van der Waals surface area (Å²) < 4.78 is 16.0. The van der Waals surface area contributed by atoms with Crippen LogP contribution in [0.2, 0.25) is 0 Å². The van der Waals surface area contributed by atoms with E-state index in [9.17, 15) is 4.79 Å². The van der Waals surface area contributed by atoms with E-state index in [4.69, 9.17) is 14.2 Å². The van der Waals surface area contributed by atoms with Crippen LogP contribution in [0.25, 0.3) is 0 Å². The van der Waals surface area contributed by atoms with Gasteiger partial charge in [-0.15, -0.1) is 0 Å². The van der Waals surface area contributed by atoms with Crippen LogP contribution in [0.5, 0.6) is 11.5 Å². The van der Waals surface area contributed by atoms with Crippen LogP contribution in [0.1, 0.15) is 15.9 Å². The number of methoxy groups -OCH3 is 1. The minimum absolute atomic E-state index is 0.127. The molecule has 20 heavy (non-hydrogen) atoms. The lowest BCUT2D eigenvalue weighted by molar-refractivity contribution is 0.0484. The Bertz CT molecular complexity index is 552. The highest BCUT2D eigenvalue weighted by atomic mass is 16.7. The average Bonchev–Trinajstić information content (AvgIpc) is 2.52. The molecule has 0 fully saturated rings. The maximum absolute atomic E-state index is 10.8. The Morgan fingerprint density at radius 3 is 2.50 bits per heavy atom. The van der Waals surface area contributed by atoms with Gasteiger partial charge in [-0.05, 0) is 23.8 Å². The second kappa shape index (κ2) is 7.31. The van der Waals surface area contributed by atoms with Gasteiger partial charge in [0, 0.05) is 12.7 Å². The first-order valence-corrected chi connectivity index (χ1v) is 6.21. The van der Waals surface area contributed by atoms with Gasteiger partial charge in [-0.3, -0.25) is 4.79 Å². The molecule has 0 heterocycles. The van der Waals surface area contributed by atoms with Crippen molar-refractivity contribution in [2.45, 2.75) is 6.61 Å². The van der Waals surface area contributed by atoms with Gasteiger partial charge in [-0.25, -0.2) is 0 Å². The molecular weight excluding hydrogens is 256 g/mol. The van der Waals surface area contributed by atoms with Crippen molar-refractivity contribution in [3.63, 3.8) is 0 Å². The van der Waals surface area contributed by atoms with Gasteiger partial charge in [0.25, 0.3) is 0 Å². The molecule has 0 radical (unpaired) electrons. The van der Waals surface area contributed by atoms with E-state index < -0.39 is 0 Å². The fourth-order valence-electron chi connectivity index (χ4n) is 1.69. The van der Waals surface area contributed by atoms with Gasteiger partial charge in [0.1, 0.15) is 12.9 Å². The van der Waals surface area contributed by atoms with E-state index in [1.165, 1.54) is 0 Å². The van der Waals surface area contributed by atoms with Gasteiger partial charge < -0.3 is 14.2 Å². The van der Waals surface area contributed by atoms with Crippen molar-refractivity contribution in [1.29, 1.82) is 0 Å². The molecule has 0 N–H and O–H groups in total. The summed E-state index contributed by atoms with van der Waals surface area (Å²) in [6, 6.07) is 14.8. The quantitative estimate of drug-likeness (QED) is 0.574. The van der Waals surface area contributed by atoms with Crippen molar-refractivity contribution in [3.8, 4) is 11.5 Å². The summed E-state index contributed by atoms with van der Waals surface area (Å²) in [6.45, 7) is 0.536. The molecule has 2 aromatic rings. The minimum Gasteiger partial charge on any atom is -0.485 e. The number of ether oxygens (including phenoxy) is 3. The van der Waals surface area contributed by atoms with Crippen molar-refractivity contribution in [2.24, 2.45) is 0 Å². The Balaban J connectivity index is 2.12. The van der Waals surface area contributed by atoms with Gasteiger partial charge >= 0.3 is 0 Å². The fourth-order valence-corrected chi connectivity index (χ4v) is 1.69. The van der Waals surface area contributed by atoms with Gasteiger partial charge in [0.05, 0.1) is 0 Å². The van der Waals surface area contributed by atoms with Crippen LogP contribution in [0.4, 0.5) is 0 Å². The molecule has 0 unspecified atom stereocenters. The third-order valence-electron chi connectivity index (χ3n) is 2.67. The molecule has 0 spiro atoms. The maximum Gasteiger partial charge on any atom is 0.188 e. The number of carbonyl (C=O) groups excluding carboxylic acids is 1. The van der Waals surface area contributed by atoms with Crippen LogP contribution >= 0.6 is 0 Å². The second-order valence-electron chi connectivity index (χ2n) is 4.15. The average molecular weight is 272 g/mol. The topological polar surface area (TPSA) is 44.8 Å². The zero-order chi connectivity index (χ0) is 14.2. The van der Waals surface area contributed by atoms with Gasteiger partial charge in [0.2, 0.25) is 0 Å². The Labute approximate surface area is 117 Å². The molecule has 0 saturated carbocycles. The molecular formula is C16H16O4. The monoisotopic (exact) mass is 272 g/mol. The van der Waals surface area contributed by atoms with Crippen molar-refractivity contribution in [1.82, 2.24) is 0 Å². The lowest BCUT2D eigenvalue weighted by Crippen LogP contribution is -2.03. The summed E-state index contributed by atoms with van der Waals surface area (Å²) in [5, 5.41) is 0. The summed E-state index contributed by atoms with van der Waals surface area (Å²) in [5.41, 5.74) is 1.58. The molecule has 2 rings (SSSR count). The van der Waals surface area contributed by atoms with E-state index in [0.29, 0.717) is 23.7 Å². The van der Waals surface area contributed by atoms with E-state index >= 15 is 0 Å². The lowest BCUT2D eigenvalue weighted by Gasteiger charge is -2.12. The standard InChI is InChI=1S/C16H16O4/c1-18-12-20-15-8-7-14(10-17)9-16(15)19-11-13-5-3-2-4-6-13/h2-10H,11-12H2,1H3. The molecule has 0 aliphatic rings. The molecule has 2 aromatic carbocycles. The summed E-state index contributed by atoms with van der Waals surface area (Å²) in [6.07, 6.45) is 0.773. The molecule has 0 amide bonds. The van der Waals surface area contributed by atoms with Crippen LogP contribution in [0, 0.1) is 0 Å². The maximum atomic E-state index is 10.8. The molecule has 4 heteroatoms. The normalized spacial score (nSPS) is 10.1. The van der Waals surface area contributed by atoms with Crippen LogP contribution in [0.3, 0.4) is 0 Å². The molecule has 4 nitrogen and oxygen atoms in total. The van der Waals surface area contributed by atoms with Crippen molar-refractivity contribution >= 4 is 6.29 Å². The molecule has 0 aromatic heterocycles. The largest absolute Gasteiger partial charge is 0.485 e. The molecule has 0 bridgehead atoms. The third kappa shape index (κ3) is 3.83. The smallest absolute Gasteiger partial charge is 0.188 e. The highest BCUT2D eigenvalue weighted by Crippen LogP contribution is 2.28. The van der Waals surface area contributed by atoms with Crippen molar-refractivity contribution in [2.75, 3.05) is 13.9 Å². The Kier molecular flexibility index (Phi) is 5.15. The molecule has 0 aliphatic carbocycles. The highest BCUT2D eigenvalue weighted by molar-refractivity contribution is 5.76. The van der Waals surface area contributed by atoms with E-state index in [2.05, 4.69) is 0 Å². The minimum atomic E-state index is 0.127. The van der Waals surface area contributed by atoms with E-state index in [1.54, 1.807) is 25.3 Å². The Morgan fingerprint density at radius 2 is 1.80 bits per heavy atom. The van der Waals surface area contributed by atoms with Gasteiger partial charge in [0.15, 0.2) is 18.3 Å². The first-order valence-electron chi connectivity index (χ1n) is 6.21. The number of hydrogen-bond donors (Lipinski definition) is 0. The van der Waals surface area contributed by atoms with Crippen molar-refractivity contribution < 1.29 is 19.0 Å². The summed E-state index contributed by atoms with van der Waals surface area (Å²) in [7, 11) is 1.55. The zero-order valence-electron chi connectivity index (χ0n) is 11.2. The van der Waals surface area contributed by atoms with Crippen molar-refractivity contribution in [3.05, 3.63) is 59.7 Å². The molecule has 0 aliphatic heterocycles. The third-order valence-corrected chi connectivity index (χ3v) is 2.67. The predicted octanol–water partition coefficient (Wildman–Crippen LogP) is 3.06. The fraction of sp³-hybridized carbons (Fsp3) is 0.188. The molecule has 0 saturated heterocycles. The molecule has 0 atom stereocenters. The first kappa shape index (κ1) is 14.1. The first-order chi connectivity index (χ1) is 9.83. The Hall–Kier alpha value is -2.33. The van der Waals surface area contributed by atoms with Crippen LogP contribution in [-0.2, 0) is 11.3 Å². The predicted molar refractivity (Wildman–Crippen MR) is 75.1 cm³/mol. The lowest BCUT2D eigenvalue weighted by atomic mass is 10.2. The zero-order valence-corrected chi connectivity index (χ0v) is 11.2. The summed E-state index contributed by atoms with van der Waals surface area (Å²) >= 11 is 0. The van der Waals surface area contributed by atoms with E-state index in [1.807, 2.05) is 30.3 Å². The van der Waals surface area contributed by atoms with Gasteiger partial charge in [-0.2, -0.15) is 0 Å². The highest BCUT2D eigenvalue weighted by Gasteiger charge is 2.07. The second-order valence-corrected chi connectivity index (χ2v) is 4.15. The van der Waals surface area contributed by atoms with Crippen LogP contribution in [-0.4, -0.2) is 20.2 Å². The SMILES string of the molecule is COCOc1ccc(C=O)cc1OCc1ccccc1. The van der Waals surface area contributed by atoms with Gasteiger partial charge in [-0.1, -0.05) is 30.3 Å². The number of aldehydes is 1. The van der Waals surface area contributed by atoms with Crippen LogP contribution < -0.4 is 9.47 Å². The summed E-state index contributed by atoms with van der Waals surface area (Å²) in [4.78, 5) is 10.8.